The molecule has 0 radical (unpaired) electrons. The molecule has 0 saturated heterocycles. The average Bonchev–Trinajstić information content (AvgIpc) is 3.06. The fourth-order valence-corrected chi connectivity index (χ4v) is 2.60. The zero-order valence-electron chi connectivity index (χ0n) is 10.8. The van der Waals surface area contributed by atoms with Crippen molar-refractivity contribution in [3.63, 3.8) is 0 Å². The van der Waals surface area contributed by atoms with Gasteiger partial charge in [0.25, 0.3) is 0 Å². The summed E-state index contributed by atoms with van der Waals surface area (Å²) in [7, 11) is 0. The van der Waals surface area contributed by atoms with Crippen molar-refractivity contribution >= 4 is 22.3 Å². The van der Waals surface area contributed by atoms with Crippen LogP contribution in [0.4, 0.5) is 11.4 Å². The largest absolute Gasteiger partial charge is 0.491 e. The lowest BCUT2D eigenvalue weighted by atomic mass is 10.1. The van der Waals surface area contributed by atoms with E-state index in [0.717, 1.165) is 27.9 Å². The number of H-pyrrole nitrogens is 1. The molecule has 0 aliphatic carbocycles. The van der Waals surface area contributed by atoms with Crippen LogP contribution in [0.15, 0.2) is 42.6 Å². The minimum Gasteiger partial charge on any atom is -0.491 e. The van der Waals surface area contributed by atoms with Crippen LogP contribution in [-0.2, 0) is 0 Å². The first-order chi connectivity index (χ1) is 9.81. The molecule has 1 aromatic heterocycles. The smallest absolute Gasteiger partial charge is 0.124 e. The number of hydrogen-bond acceptors (Lipinski definition) is 4. The van der Waals surface area contributed by atoms with Crippen LogP contribution >= 0.6 is 0 Å². The number of aromatic nitrogens is 2. The first-order valence-electron chi connectivity index (χ1n) is 6.52. The summed E-state index contributed by atoms with van der Waals surface area (Å²) in [5.41, 5.74) is 9.84. The van der Waals surface area contributed by atoms with Gasteiger partial charge < -0.3 is 15.8 Å². The summed E-state index contributed by atoms with van der Waals surface area (Å²) < 4.78 is 5.67. The number of ether oxygens (including phenoxy) is 1. The number of para-hydroxylation sites is 1. The highest BCUT2D eigenvalue weighted by molar-refractivity contribution is 5.88. The molecular formula is C15H14N4O. The molecule has 4 rings (SSSR count). The molecule has 1 atom stereocenters. The summed E-state index contributed by atoms with van der Waals surface area (Å²) in [6.45, 7) is 0.611. The maximum atomic E-state index is 6.10. The number of anilines is 2. The predicted molar refractivity (Wildman–Crippen MR) is 78.8 cm³/mol. The Balaban J connectivity index is 1.70. The van der Waals surface area contributed by atoms with Crippen LogP contribution < -0.4 is 15.8 Å². The number of nitrogens with zero attached hydrogens (tertiary/aromatic N) is 1. The number of fused-ring (bicyclic) bond motifs is 2. The fourth-order valence-electron chi connectivity index (χ4n) is 2.60. The summed E-state index contributed by atoms with van der Waals surface area (Å²) in [5.74, 6) is 0.936. The molecule has 0 amide bonds. The Hall–Kier alpha value is -2.69. The molecule has 0 saturated carbocycles. The number of rotatable bonds is 2. The lowest BCUT2D eigenvalue weighted by Crippen LogP contribution is -2.13. The lowest BCUT2D eigenvalue weighted by Gasteiger charge is -2.15. The van der Waals surface area contributed by atoms with Crippen LogP contribution in [0.3, 0.4) is 0 Å². The summed E-state index contributed by atoms with van der Waals surface area (Å²) in [6, 6.07) is 12.1. The molecule has 1 unspecified atom stereocenters. The molecule has 0 spiro atoms. The topological polar surface area (TPSA) is 76.0 Å². The van der Waals surface area contributed by atoms with E-state index in [1.807, 2.05) is 30.3 Å². The van der Waals surface area contributed by atoms with Gasteiger partial charge >= 0.3 is 0 Å². The number of nitrogens with two attached hydrogens (primary N) is 1. The van der Waals surface area contributed by atoms with Gasteiger partial charge in [0.1, 0.15) is 12.4 Å². The van der Waals surface area contributed by atoms with Gasteiger partial charge in [0.05, 0.1) is 29.1 Å². The van der Waals surface area contributed by atoms with Crippen molar-refractivity contribution in [1.82, 2.24) is 10.2 Å². The van der Waals surface area contributed by atoms with E-state index in [1.54, 1.807) is 6.20 Å². The van der Waals surface area contributed by atoms with Gasteiger partial charge in [0.15, 0.2) is 0 Å². The summed E-state index contributed by atoms with van der Waals surface area (Å²) >= 11 is 0. The quantitative estimate of drug-likeness (QED) is 0.623. The molecule has 3 aromatic rings. The maximum Gasteiger partial charge on any atom is 0.124 e. The highest BCUT2D eigenvalue weighted by Crippen LogP contribution is 2.36. The van der Waals surface area contributed by atoms with E-state index >= 15 is 0 Å². The van der Waals surface area contributed by atoms with Crippen LogP contribution in [0.25, 0.3) is 10.9 Å². The second kappa shape index (κ2) is 4.16. The van der Waals surface area contributed by atoms with Crippen LogP contribution in [0, 0.1) is 0 Å². The molecule has 2 aromatic carbocycles. The number of nitrogen functional groups attached to an aromatic ring is 1. The van der Waals surface area contributed by atoms with E-state index in [0.29, 0.717) is 12.3 Å². The molecule has 0 fully saturated rings. The molecule has 1 aliphatic heterocycles. The van der Waals surface area contributed by atoms with Gasteiger partial charge in [0, 0.05) is 10.9 Å². The van der Waals surface area contributed by atoms with E-state index < -0.39 is 0 Å². The molecule has 20 heavy (non-hydrogen) atoms. The third kappa shape index (κ3) is 1.67. The Labute approximate surface area is 115 Å². The van der Waals surface area contributed by atoms with Crippen molar-refractivity contribution in [3.8, 4) is 5.75 Å². The molecule has 100 valence electrons. The normalized spacial score (nSPS) is 16.9. The molecule has 1 aliphatic rings. The molecule has 0 bridgehead atoms. The van der Waals surface area contributed by atoms with Gasteiger partial charge in [0.2, 0.25) is 0 Å². The van der Waals surface area contributed by atoms with Crippen molar-refractivity contribution in [3.05, 3.63) is 48.2 Å². The van der Waals surface area contributed by atoms with E-state index in [1.165, 1.54) is 0 Å². The van der Waals surface area contributed by atoms with Gasteiger partial charge in [-0.15, -0.1) is 0 Å². The summed E-state index contributed by atoms with van der Waals surface area (Å²) in [5, 5.41) is 11.4. The second-order valence-electron chi connectivity index (χ2n) is 4.94. The monoisotopic (exact) mass is 266 g/mol. The van der Waals surface area contributed by atoms with E-state index in [2.05, 4.69) is 21.6 Å². The third-order valence-electron chi connectivity index (χ3n) is 3.64. The average molecular weight is 266 g/mol. The Bertz CT molecular complexity index is 780. The maximum absolute atomic E-state index is 6.10. The van der Waals surface area contributed by atoms with Gasteiger partial charge in [-0.3, -0.25) is 5.10 Å². The van der Waals surface area contributed by atoms with Crippen molar-refractivity contribution in [2.24, 2.45) is 0 Å². The minimum atomic E-state index is 0.119. The van der Waals surface area contributed by atoms with E-state index in [-0.39, 0.29) is 6.04 Å². The zero-order valence-corrected chi connectivity index (χ0v) is 10.8. The van der Waals surface area contributed by atoms with Crippen LogP contribution in [-0.4, -0.2) is 16.8 Å². The number of aromatic amines is 1. The minimum absolute atomic E-state index is 0.119. The molecule has 5 nitrogen and oxygen atoms in total. The first kappa shape index (κ1) is 11.2. The van der Waals surface area contributed by atoms with Gasteiger partial charge in [-0.25, -0.2) is 0 Å². The second-order valence-corrected chi connectivity index (χ2v) is 4.94. The fraction of sp³-hybridized carbons (Fsp3) is 0.133. The highest BCUT2D eigenvalue weighted by atomic mass is 16.5. The van der Waals surface area contributed by atoms with Gasteiger partial charge in [-0.1, -0.05) is 18.2 Å². The van der Waals surface area contributed by atoms with Gasteiger partial charge in [-0.05, 0) is 18.2 Å². The Morgan fingerprint density at radius 1 is 1.30 bits per heavy atom. The standard InChI is InChI=1S/C15H14N4O/c16-11-5-9-7-17-19-12(9)6-13(11)18-14-8-20-15-4-2-1-3-10(14)15/h1-7,14,18H,8,16H2,(H,17,19). The molecule has 5 heteroatoms. The number of hydrogen-bond donors (Lipinski definition) is 3. The van der Waals surface area contributed by atoms with Crippen LogP contribution in [0.5, 0.6) is 5.75 Å². The number of nitrogens with one attached hydrogen (secondary N) is 2. The van der Waals surface area contributed by atoms with Crippen molar-refractivity contribution in [2.45, 2.75) is 6.04 Å². The SMILES string of the molecule is Nc1cc2cn[nH]c2cc1NC1COc2ccccc21. The van der Waals surface area contributed by atoms with Crippen molar-refractivity contribution in [2.75, 3.05) is 17.7 Å². The summed E-state index contributed by atoms with van der Waals surface area (Å²) in [6.07, 6.45) is 1.77. The molecular weight excluding hydrogens is 252 g/mol. The third-order valence-corrected chi connectivity index (χ3v) is 3.64. The van der Waals surface area contributed by atoms with Crippen molar-refractivity contribution in [1.29, 1.82) is 0 Å². The molecule has 2 heterocycles. The van der Waals surface area contributed by atoms with E-state index in [4.69, 9.17) is 10.5 Å². The Morgan fingerprint density at radius 3 is 3.15 bits per heavy atom. The Kier molecular flexibility index (Phi) is 2.32. The van der Waals surface area contributed by atoms with Crippen LogP contribution in [0.1, 0.15) is 11.6 Å². The highest BCUT2D eigenvalue weighted by Gasteiger charge is 2.23. The number of benzene rings is 2. The molecule has 4 N–H and O–H groups in total. The van der Waals surface area contributed by atoms with Crippen molar-refractivity contribution < 1.29 is 4.74 Å². The Morgan fingerprint density at radius 2 is 2.20 bits per heavy atom. The lowest BCUT2D eigenvalue weighted by molar-refractivity contribution is 0.340. The predicted octanol–water partition coefficient (Wildman–Crippen LogP) is 2.69. The van der Waals surface area contributed by atoms with Gasteiger partial charge in [-0.2, -0.15) is 5.10 Å². The van der Waals surface area contributed by atoms with E-state index in [9.17, 15) is 0 Å². The zero-order chi connectivity index (χ0) is 13.5. The first-order valence-corrected chi connectivity index (χ1v) is 6.52. The van der Waals surface area contributed by atoms with Crippen LogP contribution in [0.2, 0.25) is 0 Å². The summed E-state index contributed by atoms with van der Waals surface area (Å²) in [4.78, 5) is 0.